The second-order valence-corrected chi connectivity index (χ2v) is 7.93. The monoisotopic (exact) mass is 352 g/mol. The van der Waals surface area contributed by atoms with Crippen LogP contribution in [0.5, 0.6) is 0 Å². The Bertz CT molecular complexity index is 659. The number of rotatable bonds is 3. The summed E-state index contributed by atoms with van der Waals surface area (Å²) in [7, 11) is 0. The summed E-state index contributed by atoms with van der Waals surface area (Å²) in [5.41, 5.74) is -0.101. The molecule has 2 fully saturated rings. The quantitative estimate of drug-likeness (QED) is 0.909. The van der Waals surface area contributed by atoms with Gasteiger partial charge in [0.05, 0.1) is 12.1 Å². The van der Waals surface area contributed by atoms with E-state index in [0.29, 0.717) is 18.7 Å². The van der Waals surface area contributed by atoms with Crippen molar-refractivity contribution < 1.29 is 18.7 Å². The molecular weight excluding hydrogens is 326 g/mol. The van der Waals surface area contributed by atoms with Crippen LogP contribution in [0.1, 0.15) is 38.7 Å². The van der Waals surface area contributed by atoms with Crippen molar-refractivity contribution in [1.82, 2.24) is 9.80 Å². The first kappa shape index (κ1) is 18.3. The maximum Gasteiger partial charge on any atom is 0.219 e. The maximum atomic E-state index is 13.9. The van der Waals surface area contributed by atoms with Gasteiger partial charge in [-0.3, -0.25) is 9.69 Å². The van der Waals surface area contributed by atoms with Crippen molar-refractivity contribution in [2.24, 2.45) is 5.41 Å². The van der Waals surface area contributed by atoms with Gasteiger partial charge < -0.3 is 10.0 Å². The molecule has 1 aromatic rings. The molecule has 2 saturated heterocycles. The molecule has 3 rings (SSSR count). The number of aliphatic hydroxyl groups is 1. The number of amides is 1. The lowest BCUT2D eigenvalue weighted by molar-refractivity contribution is -0.134. The van der Waals surface area contributed by atoms with Crippen LogP contribution in [0.25, 0.3) is 0 Å². The van der Waals surface area contributed by atoms with Gasteiger partial charge in [0.1, 0.15) is 0 Å². The van der Waals surface area contributed by atoms with Crippen LogP contribution in [0.4, 0.5) is 8.78 Å². The largest absolute Gasteiger partial charge is 0.394 e. The molecule has 2 aliphatic heterocycles. The normalized spacial score (nSPS) is 26.4. The van der Waals surface area contributed by atoms with E-state index in [9.17, 15) is 18.7 Å². The van der Waals surface area contributed by atoms with Gasteiger partial charge in [-0.2, -0.15) is 0 Å². The van der Waals surface area contributed by atoms with E-state index in [4.69, 9.17) is 0 Å². The van der Waals surface area contributed by atoms with E-state index in [1.165, 1.54) is 6.07 Å². The number of piperidine rings is 1. The summed E-state index contributed by atoms with van der Waals surface area (Å²) in [5.74, 6) is -1.57. The Kier molecular flexibility index (Phi) is 4.86. The third kappa shape index (κ3) is 3.42. The molecule has 1 amide bonds. The number of likely N-dealkylation sites (tertiary alicyclic amines) is 2. The van der Waals surface area contributed by atoms with Crippen molar-refractivity contribution in [2.45, 2.75) is 45.2 Å². The molecule has 1 spiro atoms. The van der Waals surface area contributed by atoms with Gasteiger partial charge in [0.2, 0.25) is 5.91 Å². The first-order chi connectivity index (χ1) is 11.8. The first-order valence-electron chi connectivity index (χ1n) is 8.83. The summed E-state index contributed by atoms with van der Waals surface area (Å²) in [6, 6.07) is 4.29. The lowest BCUT2D eigenvalue weighted by atomic mass is 9.74. The lowest BCUT2D eigenvalue weighted by Crippen LogP contribution is -2.46. The Morgan fingerprint density at radius 1 is 1.28 bits per heavy atom. The molecule has 4 nitrogen and oxygen atoms in total. The topological polar surface area (TPSA) is 43.8 Å². The molecule has 1 unspecified atom stereocenters. The highest BCUT2D eigenvalue weighted by Gasteiger charge is 2.52. The molecule has 0 radical (unpaired) electrons. The van der Waals surface area contributed by atoms with Crippen LogP contribution in [0, 0.1) is 17.0 Å². The van der Waals surface area contributed by atoms with Crippen LogP contribution >= 0.6 is 0 Å². The van der Waals surface area contributed by atoms with E-state index in [0.717, 1.165) is 38.4 Å². The molecule has 1 atom stereocenters. The Morgan fingerprint density at radius 3 is 2.52 bits per heavy atom. The minimum atomic E-state index is -0.808. The Morgan fingerprint density at radius 2 is 1.96 bits per heavy atom. The molecule has 2 heterocycles. The summed E-state index contributed by atoms with van der Waals surface area (Å²) in [5, 5.41) is 9.78. The van der Waals surface area contributed by atoms with Crippen LogP contribution in [-0.4, -0.2) is 52.6 Å². The highest BCUT2D eigenvalue weighted by atomic mass is 19.2. The predicted octanol–water partition coefficient (Wildman–Crippen LogP) is 2.55. The Labute approximate surface area is 147 Å². The summed E-state index contributed by atoms with van der Waals surface area (Å²) >= 11 is 0. The zero-order valence-electron chi connectivity index (χ0n) is 14.9. The fourth-order valence-electron chi connectivity index (χ4n) is 4.55. The molecule has 0 aromatic heterocycles. The average Bonchev–Trinajstić information content (AvgIpc) is 2.88. The molecule has 2 aliphatic rings. The second-order valence-electron chi connectivity index (χ2n) is 7.93. The number of halogens is 2. The van der Waals surface area contributed by atoms with Gasteiger partial charge in [-0.25, -0.2) is 8.78 Å². The van der Waals surface area contributed by atoms with E-state index in [2.05, 4.69) is 4.90 Å². The van der Waals surface area contributed by atoms with Gasteiger partial charge in [0, 0.05) is 25.6 Å². The van der Waals surface area contributed by atoms with E-state index in [-0.39, 0.29) is 17.9 Å². The number of carbonyl (C=O) groups excluding carboxylic acids is 1. The Hall–Kier alpha value is -1.53. The third-order valence-electron chi connectivity index (χ3n) is 5.96. The molecule has 25 heavy (non-hydrogen) atoms. The van der Waals surface area contributed by atoms with E-state index in [1.807, 2.05) is 6.92 Å². The zero-order chi connectivity index (χ0) is 18.2. The molecule has 0 saturated carbocycles. The fourth-order valence-corrected chi connectivity index (χ4v) is 4.55. The predicted molar refractivity (Wildman–Crippen MR) is 90.8 cm³/mol. The van der Waals surface area contributed by atoms with Crippen LogP contribution in [0.3, 0.4) is 0 Å². The summed E-state index contributed by atoms with van der Waals surface area (Å²) in [6.07, 6.45) is 2.57. The van der Waals surface area contributed by atoms with Crippen LogP contribution < -0.4 is 0 Å². The third-order valence-corrected chi connectivity index (χ3v) is 5.96. The molecular formula is C19H26F2N2O2. The van der Waals surface area contributed by atoms with E-state index < -0.39 is 17.2 Å². The molecule has 138 valence electrons. The molecule has 6 heteroatoms. The second kappa shape index (κ2) is 6.65. The highest BCUT2D eigenvalue weighted by molar-refractivity contribution is 5.74. The fraction of sp³-hybridized carbons (Fsp3) is 0.632. The van der Waals surface area contributed by atoms with Crippen LogP contribution in [0.15, 0.2) is 18.2 Å². The molecule has 1 aromatic carbocycles. The van der Waals surface area contributed by atoms with Crippen LogP contribution in [-0.2, 0) is 11.3 Å². The number of hydrogen-bond acceptors (Lipinski definition) is 3. The number of carbonyl (C=O) groups is 1. The summed E-state index contributed by atoms with van der Waals surface area (Å²) < 4.78 is 27.2. The standard InChI is InChI=1S/C19H26F2N2O2/c1-14(25)23-12-19(11-18(23,2)13-24)6-8-22(9-7-19)10-15-4-3-5-16(20)17(15)21/h3-5,24H,6-13H2,1-2H3. The average molecular weight is 352 g/mol. The first-order valence-corrected chi connectivity index (χ1v) is 8.83. The molecule has 1 N–H and O–H groups in total. The van der Waals surface area contributed by atoms with Gasteiger partial charge in [0.15, 0.2) is 11.6 Å². The Balaban J connectivity index is 1.66. The number of hydrogen-bond donors (Lipinski definition) is 1. The van der Waals surface area contributed by atoms with E-state index in [1.54, 1.807) is 17.9 Å². The maximum absolute atomic E-state index is 13.9. The van der Waals surface area contributed by atoms with Crippen molar-refractivity contribution >= 4 is 5.91 Å². The molecule has 0 aliphatic carbocycles. The number of benzene rings is 1. The van der Waals surface area contributed by atoms with Crippen molar-refractivity contribution in [3.05, 3.63) is 35.4 Å². The van der Waals surface area contributed by atoms with Gasteiger partial charge in [-0.1, -0.05) is 12.1 Å². The number of nitrogens with zero attached hydrogens (tertiary/aromatic N) is 2. The lowest BCUT2D eigenvalue weighted by Gasteiger charge is -2.39. The van der Waals surface area contributed by atoms with E-state index >= 15 is 0 Å². The minimum Gasteiger partial charge on any atom is -0.394 e. The van der Waals surface area contributed by atoms with Crippen molar-refractivity contribution in [3.63, 3.8) is 0 Å². The SMILES string of the molecule is CC(=O)N1CC2(CCN(Cc3cccc(F)c3F)CC2)CC1(C)CO. The molecule has 0 bridgehead atoms. The van der Waals surface area contributed by atoms with Crippen molar-refractivity contribution in [1.29, 1.82) is 0 Å². The summed E-state index contributed by atoms with van der Waals surface area (Å²) in [6.45, 7) is 6.08. The van der Waals surface area contributed by atoms with Gasteiger partial charge in [-0.05, 0) is 50.8 Å². The smallest absolute Gasteiger partial charge is 0.219 e. The van der Waals surface area contributed by atoms with Crippen LogP contribution in [0.2, 0.25) is 0 Å². The van der Waals surface area contributed by atoms with Crippen molar-refractivity contribution in [3.8, 4) is 0 Å². The summed E-state index contributed by atoms with van der Waals surface area (Å²) in [4.78, 5) is 15.9. The minimum absolute atomic E-state index is 0.00214. The van der Waals surface area contributed by atoms with Crippen molar-refractivity contribution in [2.75, 3.05) is 26.2 Å². The van der Waals surface area contributed by atoms with Gasteiger partial charge in [0.25, 0.3) is 0 Å². The number of aliphatic hydroxyl groups excluding tert-OH is 1. The van der Waals surface area contributed by atoms with Gasteiger partial charge >= 0.3 is 0 Å². The van der Waals surface area contributed by atoms with Gasteiger partial charge in [-0.15, -0.1) is 0 Å². The zero-order valence-corrected chi connectivity index (χ0v) is 14.9. The highest BCUT2D eigenvalue weighted by Crippen LogP contribution is 2.48.